The number of carbonyl (C=O) groups excluding carboxylic acids is 1. The van der Waals surface area contributed by atoms with E-state index in [-0.39, 0.29) is 23.3 Å². The van der Waals surface area contributed by atoms with Crippen LogP contribution >= 0.6 is 11.7 Å². The summed E-state index contributed by atoms with van der Waals surface area (Å²) in [5, 5.41) is 21.0. The van der Waals surface area contributed by atoms with Gasteiger partial charge in [-0.15, -0.1) is 0 Å². The van der Waals surface area contributed by atoms with Gasteiger partial charge in [0.25, 0.3) is 11.6 Å². The molecule has 134 valence electrons. The molecule has 0 aliphatic heterocycles. The summed E-state index contributed by atoms with van der Waals surface area (Å²) in [4.78, 5) is 23.1. The monoisotopic (exact) mass is 380 g/mol. The summed E-state index contributed by atoms with van der Waals surface area (Å²) in [6, 6.07) is 14.2. The minimum absolute atomic E-state index is 0.157. The zero-order valence-corrected chi connectivity index (χ0v) is 14.6. The zero-order valence-electron chi connectivity index (χ0n) is 13.7. The van der Waals surface area contributed by atoms with Crippen LogP contribution in [-0.2, 0) is 6.54 Å². The summed E-state index contributed by atoms with van der Waals surface area (Å²) >= 11 is 0.866. The van der Waals surface area contributed by atoms with E-state index in [1.54, 1.807) is 0 Å². The molecule has 0 aliphatic rings. The van der Waals surface area contributed by atoms with Crippen molar-refractivity contribution in [2.24, 2.45) is 0 Å². The van der Waals surface area contributed by atoms with E-state index >= 15 is 0 Å². The van der Waals surface area contributed by atoms with Crippen molar-refractivity contribution in [1.82, 2.24) is 24.3 Å². The first-order valence-corrected chi connectivity index (χ1v) is 8.63. The van der Waals surface area contributed by atoms with E-state index in [2.05, 4.69) is 24.3 Å². The fourth-order valence-electron chi connectivity index (χ4n) is 2.63. The van der Waals surface area contributed by atoms with Crippen molar-refractivity contribution in [3.63, 3.8) is 0 Å². The Hall–Kier alpha value is -3.66. The number of non-ortho nitro benzene ring substituents is 1. The van der Waals surface area contributed by atoms with Crippen LogP contribution in [0.4, 0.5) is 5.69 Å². The van der Waals surface area contributed by atoms with Gasteiger partial charge in [0.15, 0.2) is 5.52 Å². The Morgan fingerprint density at radius 1 is 1.19 bits per heavy atom. The van der Waals surface area contributed by atoms with Gasteiger partial charge in [0.1, 0.15) is 5.52 Å². The van der Waals surface area contributed by atoms with E-state index in [4.69, 9.17) is 0 Å². The molecule has 0 aliphatic carbocycles. The number of aromatic amines is 1. The Labute approximate surface area is 156 Å². The maximum atomic E-state index is 12.4. The van der Waals surface area contributed by atoms with Gasteiger partial charge in [-0.25, -0.2) is 0 Å². The second-order valence-corrected chi connectivity index (χ2v) is 6.24. The average Bonchev–Trinajstić information content (AvgIpc) is 3.35. The lowest BCUT2D eigenvalue weighted by atomic mass is 10.1. The van der Waals surface area contributed by atoms with E-state index in [9.17, 15) is 14.9 Å². The van der Waals surface area contributed by atoms with Gasteiger partial charge in [-0.2, -0.15) is 13.8 Å². The Kier molecular flexibility index (Phi) is 4.30. The maximum Gasteiger partial charge on any atom is 0.299 e. The Balaban J connectivity index is 1.51. The molecule has 1 amide bonds. The molecule has 2 aromatic carbocycles. The first-order chi connectivity index (χ1) is 13.1. The number of hydrogen-bond acceptors (Lipinski definition) is 7. The van der Waals surface area contributed by atoms with Crippen LogP contribution in [0.15, 0.2) is 48.5 Å². The van der Waals surface area contributed by atoms with Gasteiger partial charge >= 0.3 is 0 Å². The fourth-order valence-corrected chi connectivity index (χ4v) is 3.17. The average molecular weight is 380 g/mol. The second kappa shape index (κ2) is 6.92. The number of nitro groups is 1. The quantitative estimate of drug-likeness (QED) is 0.405. The van der Waals surface area contributed by atoms with Gasteiger partial charge in [-0.1, -0.05) is 30.3 Å². The molecule has 2 heterocycles. The van der Waals surface area contributed by atoms with Crippen LogP contribution in [0, 0.1) is 10.1 Å². The predicted molar refractivity (Wildman–Crippen MR) is 99.3 cm³/mol. The SMILES string of the molecule is O=C(NCc1cc(-c2ccccc2)n[nH]1)c1cc([N+](=O)[O-])c2nsnc2c1. The number of fused-ring (bicyclic) bond motifs is 1. The van der Waals surface area contributed by atoms with Gasteiger partial charge in [0.2, 0.25) is 0 Å². The first-order valence-electron chi connectivity index (χ1n) is 7.90. The molecule has 2 aromatic heterocycles. The zero-order chi connectivity index (χ0) is 18.8. The van der Waals surface area contributed by atoms with Gasteiger partial charge in [0.05, 0.1) is 34.6 Å². The summed E-state index contributed by atoms with van der Waals surface area (Å²) in [5.74, 6) is -0.441. The largest absolute Gasteiger partial charge is 0.346 e. The summed E-state index contributed by atoms with van der Waals surface area (Å²) in [6.07, 6.45) is 0. The van der Waals surface area contributed by atoms with Crippen molar-refractivity contribution in [3.05, 3.63) is 69.9 Å². The van der Waals surface area contributed by atoms with Crippen molar-refractivity contribution in [1.29, 1.82) is 0 Å². The van der Waals surface area contributed by atoms with Gasteiger partial charge in [-0.05, 0) is 12.1 Å². The third-order valence-electron chi connectivity index (χ3n) is 3.94. The number of nitrogens with one attached hydrogen (secondary N) is 2. The summed E-state index contributed by atoms with van der Waals surface area (Å²) in [5.41, 5.74) is 2.88. The first kappa shape index (κ1) is 16.8. The Bertz CT molecular complexity index is 1140. The molecule has 4 aromatic rings. The molecule has 0 saturated heterocycles. The smallest absolute Gasteiger partial charge is 0.299 e. The lowest BCUT2D eigenvalue weighted by molar-refractivity contribution is -0.383. The molecule has 0 saturated carbocycles. The molecule has 0 unspecified atom stereocenters. The van der Waals surface area contributed by atoms with Crippen LogP contribution in [-0.4, -0.2) is 29.8 Å². The van der Waals surface area contributed by atoms with Crippen molar-refractivity contribution < 1.29 is 9.72 Å². The van der Waals surface area contributed by atoms with Gasteiger partial charge in [-0.3, -0.25) is 20.0 Å². The van der Waals surface area contributed by atoms with Crippen LogP contribution in [0.2, 0.25) is 0 Å². The molecular weight excluding hydrogens is 368 g/mol. The number of aromatic nitrogens is 4. The van der Waals surface area contributed by atoms with Crippen molar-refractivity contribution in [3.8, 4) is 11.3 Å². The Morgan fingerprint density at radius 2 is 2.00 bits per heavy atom. The number of benzene rings is 2. The second-order valence-electron chi connectivity index (χ2n) is 5.71. The number of nitro benzene ring substituents is 1. The predicted octanol–water partition coefficient (Wildman–Crippen LogP) is 2.92. The number of amides is 1. The van der Waals surface area contributed by atoms with E-state index in [0.29, 0.717) is 11.2 Å². The Morgan fingerprint density at radius 3 is 2.78 bits per heavy atom. The molecule has 10 heteroatoms. The summed E-state index contributed by atoms with van der Waals surface area (Å²) in [7, 11) is 0. The minimum atomic E-state index is -0.568. The highest BCUT2D eigenvalue weighted by Gasteiger charge is 2.20. The number of rotatable bonds is 5. The molecule has 0 fully saturated rings. The van der Waals surface area contributed by atoms with Crippen molar-refractivity contribution in [2.75, 3.05) is 0 Å². The molecule has 0 atom stereocenters. The van der Waals surface area contributed by atoms with E-state index in [1.807, 2.05) is 36.4 Å². The maximum absolute atomic E-state index is 12.4. The van der Waals surface area contributed by atoms with Crippen LogP contribution in [0.5, 0.6) is 0 Å². The van der Waals surface area contributed by atoms with E-state index in [1.165, 1.54) is 12.1 Å². The number of hydrogen-bond donors (Lipinski definition) is 2. The van der Waals surface area contributed by atoms with Crippen molar-refractivity contribution >= 4 is 34.4 Å². The number of nitrogens with zero attached hydrogens (tertiary/aromatic N) is 4. The molecule has 0 bridgehead atoms. The fraction of sp³-hybridized carbons (Fsp3) is 0.0588. The molecule has 0 radical (unpaired) electrons. The molecular formula is C17H12N6O3S. The highest BCUT2D eigenvalue weighted by Crippen LogP contribution is 2.26. The molecule has 4 rings (SSSR count). The van der Waals surface area contributed by atoms with Crippen LogP contribution in [0.3, 0.4) is 0 Å². The van der Waals surface area contributed by atoms with Crippen molar-refractivity contribution in [2.45, 2.75) is 6.54 Å². The number of H-pyrrole nitrogens is 1. The lowest BCUT2D eigenvalue weighted by Crippen LogP contribution is -2.23. The van der Waals surface area contributed by atoms with E-state index in [0.717, 1.165) is 23.0 Å². The van der Waals surface area contributed by atoms with E-state index < -0.39 is 10.8 Å². The topological polar surface area (TPSA) is 127 Å². The standard InChI is InChI=1S/C17H12N6O3S/c24-17(11-6-14-16(22-27-21-14)15(7-11)23(25)26)18-9-12-8-13(20-19-12)10-4-2-1-3-5-10/h1-8H,9H2,(H,18,24)(H,19,20). The number of carbonyl (C=O) groups is 1. The van der Waals surface area contributed by atoms with Gasteiger partial charge in [0, 0.05) is 17.2 Å². The minimum Gasteiger partial charge on any atom is -0.346 e. The third-order valence-corrected chi connectivity index (χ3v) is 4.48. The van der Waals surface area contributed by atoms with Gasteiger partial charge < -0.3 is 5.32 Å². The van der Waals surface area contributed by atoms with Crippen LogP contribution < -0.4 is 5.32 Å². The molecule has 9 nitrogen and oxygen atoms in total. The molecule has 27 heavy (non-hydrogen) atoms. The van der Waals surface area contributed by atoms with Crippen LogP contribution in [0.1, 0.15) is 16.1 Å². The molecule has 2 N–H and O–H groups in total. The highest BCUT2D eigenvalue weighted by atomic mass is 32.1. The lowest BCUT2D eigenvalue weighted by Gasteiger charge is -2.04. The van der Waals surface area contributed by atoms with Crippen LogP contribution in [0.25, 0.3) is 22.3 Å². The summed E-state index contributed by atoms with van der Waals surface area (Å²) in [6.45, 7) is 0.208. The highest BCUT2D eigenvalue weighted by molar-refractivity contribution is 7.00. The third kappa shape index (κ3) is 3.37. The summed E-state index contributed by atoms with van der Waals surface area (Å²) < 4.78 is 7.90. The molecule has 0 spiro atoms. The normalized spacial score (nSPS) is 10.8.